The summed E-state index contributed by atoms with van der Waals surface area (Å²) >= 11 is 8.07. The quantitative estimate of drug-likeness (QED) is 0.513. The molecule has 2 aromatic carbocycles. The first kappa shape index (κ1) is 20.1. The first-order chi connectivity index (χ1) is 14.1. The van der Waals surface area contributed by atoms with Crippen molar-refractivity contribution >= 4 is 22.9 Å². The van der Waals surface area contributed by atoms with Crippen molar-refractivity contribution < 1.29 is 14.2 Å². The SMILES string of the molecule is COc1ccc(Cl)cc1-c1cc2c(c(OC)c1)OCCN(Cc1sccc1C)C2. The van der Waals surface area contributed by atoms with Crippen molar-refractivity contribution in [2.24, 2.45) is 0 Å². The lowest BCUT2D eigenvalue weighted by atomic mass is 10.0. The van der Waals surface area contributed by atoms with Crippen LogP contribution >= 0.6 is 22.9 Å². The molecule has 0 atom stereocenters. The van der Waals surface area contributed by atoms with Gasteiger partial charge in [-0.2, -0.15) is 0 Å². The van der Waals surface area contributed by atoms with Crippen LogP contribution in [0.4, 0.5) is 0 Å². The third-order valence-corrected chi connectivity index (χ3v) is 6.45. The number of ether oxygens (including phenoxy) is 3. The molecule has 0 spiro atoms. The highest BCUT2D eigenvalue weighted by molar-refractivity contribution is 7.10. The molecule has 6 heteroatoms. The Hall–Kier alpha value is -2.21. The van der Waals surface area contributed by atoms with Crippen LogP contribution in [-0.2, 0) is 13.1 Å². The van der Waals surface area contributed by atoms with Crippen molar-refractivity contribution in [1.29, 1.82) is 0 Å². The van der Waals surface area contributed by atoms with E-state index >= 15 is 0 Å². The van der Waals surface area contributed by atoms with E-state index < -0.39 is 0 Å². The summed E-state index contributed by atoms with van der Waals surface area (Å²) < 4.78 is 17.3. The summed E-state index contributed by atoms with van der Waals surface area (Å²) in [7, 11) is 3.34. The lowest BCUT2D eigenvalue weighted by Crippen LogP contribution is -2.25. The Kier molecular flexibility index (Phi) is 5.99. The second kappa shape index (κ2) is 8.66. The molecule has 0 radical (unpaired) electrons. The second-order valence-electron chi connectivity index (χ2n) is 7.10. The topological polar surface area (TPSA) is 30.9 Å². The van der Waals surface area contributed by atoms with E-state index in [1.807, 2.05) is 35.6 Å². The van der Waals surface area contributed by atoms with Crippen molar-refractivity contribution in [2.45, 2.75) is 20.0 Å². The van der Waals surface area contributed by atoms with E-state index in [1.165, 1.54) is 10.4 Å². The minimum absolute atomic E-state index is 0.633. The van der Waals surface area contributed by atoms with E-state index in [0.29, 0.717) is 11.6 Å². The molecular weight excluding hydrogens is 406 g/mol. The number of nitrogens with zero attached hydrogens (tertiary/aromatic N) is 1. The van der Waals surface area contributed by atoms with E-state index in [-0.39, 0.29) is 0 Å². The number of halogens is 1. The summed E-state index contributed by atoms with van der Waals surface area (Å²) in [6, 6.07) is 12.0. The fraction of sp³-hybridized carbons (Fsp3) is 0.304. The molecule has 29 heavy (non-hydrogen) atoms. The predicted molar refractivity (Wildman–Crippen MR) is 119 cm³/mol. The van der Waals surface area contributed by atoms with Gasteiger partial charge in [-0.05, 0) is 59.8 Å². The zero-order chi connectivity index (χ0) is 20.4. The van der Waals surface area contributed by atoms with E-state index in [2.05, 4.69) is 29.3 Å². The van der Waals surface area contributed by atoms with Crippen molar-refractivity contribution in [3.8, 4) is 28.4 Å². The summed E-state index contributed by atoms with van der Waals surface area (Å²) in [6.45, 7) is 5.37. The maximum atomic E-state index is 6.27. The number of benzene rings is 2. The number of methoxy groups -OCH3 is 2. The standard InChI is InChI=1S/C23H24ClNO3S/c1-15-6-9-29-22(15)14-25-7-8-28-23-17(13-25)10-16(11-21(23)27-3)19-12-18(24)4-5-20(19)26-2/h4-6,9-12H,7-8,13-14H2,1-3H3. The van der Waals surface area contributed by atoms with E-state index in [9.17, 15) is 0 Å². The van der Waals surface area contributed by atoms with Crippen LogP contribution in [0, 0.1) is 6.92 Å². The van der Waals surface area contributed by atoms with Crippen LogP contribution in [0.1, 0.15) is 16.0 Å². The maximum absolute atomic E-state index is 6.27. The van der Waals surface area contributed by atoms with Crippen LogP contribution in [0.5, 0.6) is 17.2 Å². The Morgan fingerprint density at radius 3 is 2.66 bits per heavy atom. The molecular formula is C23H24ClNO3S. The first-order valence-corrected chi connectivity index (χ1v) is 10.8. The van der Waals surface area contributed by atoms with Crippen molar-refractivity contribution in [3.63, 3.8) is 0 Å². The monoisotopic (exact) mass is 429 g/mol. The summed E-state index contributed by atoms with van der Waals surface area (Å²) in [5.74, 6) is 2.33. The van der Waals surface area contributed by atoms with E-state index in [4.69, 9.17) is 25.8 Å². The Morgan fingerprint density at radius 1 is 1.10 bits per heavy atom. The molecule has 0 aliphatic carbocycles. The molecule has 0 N–H and O–H groups in total. The van der Waals surface area contributed by atoms with Crippen LogP contribution in [0.3, 0.4) is 0 Å². The van der Waals surface area contributed by atoms with Crippen LogP contribution in [0.2, 0.25) is 5.02 Å². The van der Waals surface area contributed by atoms with Gasteiger partial charge in [-0.15, -0.1) is 11.3 Å². The Balaban J connectivity index is 1.73. The molecule has 1 aromatic heterocycles. The third kappa shape index (κ3) is 4.22. The van der Waals surface area contributed by atoms with Gasteiger partial charge in [-0.3, -0.25) is 4.90 Å². The number of fused-ring (bicyclic) bond motifs is 1. The third-order valence-electron chi connectivity index (χ3n) is 5.21. The number of thiophene rings is 1. The molecule has 1 aliphatic rings. The molecule has 4 nitrogen and oxygen atoms in total. The Morgan fingerprint density at radius 2 is 1.93 bits per heavy atom. The van der Waals surface area contributed by atoms with Crippen LogP contribution < -0.4 is 14.2 Å². The highest BCUT2D eigenvalue weighted by Crippen LogP contribution is 2.41. The van der Waals surface area contributed by atoms with Gasteiger partial charge in [0.1, 0.15) is 12.4 Å². The van der Waals surface area contributed by atoms with Crippen molar-refractivity contribution in [1.82, 2.24) is 4.90 Å². The molecule has 2 heterocycles. The van der Waals surface area contributed by atoms with E-state index in [1.54, 1.807) is 14.2 Å². The van der Waals surface area contributed by atoms with Crippen molar-refractivity contribution in [3.05, 3.63) is 62.8 Å². The van der Waals surface area contributed by atoms with Crippen molar-refractivity contribution in [2.75, 3.05) is 27.4 Å². The average Bonchev–Trinajstić information content (AvgIpc) is 3.01. The number of aryl methyl sites for hydroxylation is 1. The fourth-order valence-electron chi connectivity index (χ4n) is 3.66. The lowest BCUT2D eigenvalue weighted by molar-refractivity contribution is 0.218. The molecule has 1 aliphatic heterocycles. The van der Waals surface area contributed by atoms with Gasteiger partial charge in [0.2, 0.25) is 0 Å². The normalized spacial score (nSPS) is 14.1. The molecule has 0 amide bonds. The fourth-order valence-corrected chi connectivity index (χ4v) is 4.77. The molecule has 0 saturated carbocycles. The molecule has 152 valence electrons. The largest absolute Gasteiger partial charge is 0.496 e. The minimum atomic E-state index is 0.633. The summed E-state index contributed by atoms with van der Waals surface area (Å²) in [6.07, 6.45) is 0. The van der Waals surface area contributed by atoms with Gasteiger partial charge < -0.3 is 14.2 Å². The Labute approximate surface area is 180 Å². The van der Waals surface area contributed by atoms with Gasteiger partial charge in [-0.25, -0.2) is 0 Å². The minimum Gasteiger partial charge on any atom is -0.496 e. The molecule has 0 bridgehead atoms. The lowest BCUT2D eigenvalue weighted by Gasteiger charge is -2.20. The van der Waals surface area contributed by atoms with Gasteiger partial charge in [0, 0.05) is 40.7 Å². The number of rotatable bonds is 5. The highest BCUT2D eigenvalue weighted by Gasteiger charge is 2.22. The summed E-state index contributed by atoms with van der Waals surface area (Å²) in [4.78, 5) is 3.82. The zero-order valence-electron chi connectivity index (χ0n) is 16.8. The van der Waals surface area contributed by atoms with Crippen LogP contribution in [0.25, 0.3) is 11.1 Å². The predicted octanol–water partition coefficient (Wildman–Crippen LogP) is 5.79. The Bertz CT molecular complexity index is 1020. The summed E-state index contributed by atoms with van der Waals surface area (Å²) in [5.41, 5.74) is 4.38. The maximum Gasteiger partial charge on any atom is 0.165 e. The van der Waals surface area contributed by atoms with Gasteiger partial charge in [0.15, 0.2) is 11.5 Å². The number of hydrogen-bond donors (Lipinski definition) is 0. The molecule has 0 saturated heterocycles. The van der Waals surface area contributed by atoms with Gasteiger partial charge in [-0.1, -0.05) is 11.6 Å². The van der Waals surface area contributed by atoms with Crippen LogP contribution in [0.15, 0.2) is 41.8 Å². The molecule has 0 fully saturated rings. The number of hydrogen-bond acceptors (Lipinski definition) is 5. The molecule has 4 rings (SSSR count). The molecule has 0 unspecified atom stereocenters. The summed E-state index contributed by atoms with van der Waals surface area (Å²) in [5, 5.41) is 2.82. The molecule has 3 aromatic rings. The highest BCUT2D eigenvalue weighted by atomic mass is 35.5. The first-order valence-electron chi connectivity index (χ1n) is 9.52. The zero-order valence-corrected chi connectivity index (χ0v) is 18.4. The van der Waals surface area contributed by atoms with Gasteiger partial charge in [0.25, 0.3) is 0 Å². The van der Waals surface area contributed by atoms with Gasteiger partial charge in [0.05, 0.1) is 14.2 Å². The van der Waals surface area contributed by atoms with Crippen LogP contribution in [-0.4, -0.2) is 32.3 Å². The second-order valence-corrected chi connectivity index (χ2v) is 8.53. The van der Waals surface area contributed by atoms with E-state index in [0.717, 1.165) is 53.6 Å². The van der Waals surface area contributed by atoms with Gasteiger partial charge >= 0.3 is 0 Å². The average molecular weight is 430 g/mol. The smallest absolute Gasteiger partial charge is 0.165 e.